The van der Waals surface area contributed by atoms with E-state index in [1.165, 1.54) is 9.75 Å². The van der Waals surface area contributed by atoms with Crippen LogP contribution in [-0.2, 0) is 4.74 Å². The largest absolute Gasteiger partial charge is 0.443 e. The summed E-state index contributed by atoms with van der Waals surface area (Å²) in [5, 5.41) is 1.19. The Hall–Kier alpha value is -1.03. The van der Waals surface area contributed by atoms with Gasteiger partial charge in [-0.25, -0.2) is 4.79 Å². The zero-order chi connectivity index (χ0) is 10.1. The van der Waals surface area contributed by atoms with Crippen molar-refractivity contribution in [1.29, 1.82) is 0 Å². The molecular weight excluding hydrogens is 182 g/mol. The summed E-state index contributed by atoms with van der Waals surface area (Å²) < 4.78 is 6.66. The second-order valence-electron chi connectivity index (χ2n) is 4.08. The first-order valence-corrected chi connectivity index (χ1v) is 5.26. The number of ether oxygens (including phenoxy) is 1. The summed E-state index contributed by atoms with van der Waals surface area (Å²) in [6, 6.07) is 1.93. The molecule has 0 unspecified atom stereocenters. The summed E-state index contributed by atoms with van der Waals surface area (Å²) in [7, 11) is 0.954. The van der Waals surface area contributed by atoms with Crippen LogP contribution in [0.1, 0.15) is 20.8 Å². The van der Waals surface area contributed by atoms with Crippen LogP contribution in [0, 0.1) is 0 Å². The van der Waals surface area contributed by atoms with Gasteiger partial charge in [-0.1, -0.05) is 5.19 Å². The van der Waals surface area contributed by atoms with Crippen molar-refractivity contribution >= 4 is 21.5 Å². The molecule has 0 radical (unpaired) electrons. The molecule has 72 valence electrons. The van der Waals surface area contributed by atoms with E-state index in [2.05, 4.69) is 0 Å². The smallest absolute Gasteiger partial charge is 0.418 e. The lowest BCUT2D eigenvalue weighted by Crippen LogP contribution is -2.26. The van der Waals surface area contributed by atoms with Gasteiger partial charge in [-0.05, 0) is 26.8 Å². The molecule has 0 spiro atoms. The third-order valence-corrected chi connectivity index (χ3v) is 2.04. The van der Waals surface area contributed by atoms with E-state index in [0.717, 1.165) is 10.2 Å². The predicted molar refractivity (Wildman–Crippen MR) is 55.6 cm³/mol. The molecule has 0 atom stereocenters. The SMILES string of the molecule is CC(C)(C)OC(=O)n1ccc([SiH3])c1. The minimum absolute atomic E-state index is 0.311. The number of aromatic nitrogens is 1. The van der Waals surface area contributed by atoms with E-state index in [1.807, 2.05) is 26.8 Å². The molecule has 3 nitrogen and oxygen atoms in total. The fourth-order valence-electron chi connectivity index (χ4n) is 0.932. The molecular formula is C9H15NO2Si. The Morgan fingerprint density at radius 2 is 2.15 bits per heavy atom. The molecule has 1 aromatic heterocycles. The van der Waals surface area contributed by atoms with Crippen LogP contribution in [0.3, 0.4) is 0 Å². The van der Waals surface area contributed by atoms with Crippen LogP contribution in [0.5, 0.6) is 0 Å². The first kappa shape index (κ1) is 10.1. The van der Waals surface area contributed by atoms with E-state index < -0.39 is 5.60 Å². The van der Waals surface area contributed by atoms with Crippen molar-refractivity contribution in [3.05, 3.63) is 18.5 Å². The van der Waals surface area contributed by atoms with Crippen LogP contribution in [0.15, 0.2) is 18.5 Å². The number of nitrogens with zero attached hydrogens (tertiary/aromatic N) is 1. The van der Waals surface area contributed by atoms with Gasteiger partial charge in [-0.2, -0.15) is 0 Å². The van der Waals surface area contributed by atoms with Crippen LogP contribution >= 0.6 is 0 Å². The third kappa shape index (κ3) is 3.06. The van der Waals surface area contributed by atoms with E-state index in [4.69, 9.17) is 4.74 Å². The molecule has 0 aliphatic heterocycles. The minimum Gasteiger partial charge on any atom is -0.443 e. The van der Waals surface area contributed by atoms with Gasteiger partial charge in [0.05, 0.1) is 0 Å². The highest BCUT2D eigenvalue weighted by Gasteiger charge is 2.16. The van der Waals surface area contributed by atoms with Gasteiger partial charge in [0.2, 0.25) is 0 Å². The second kappa shape index (κ2) is 3.37. The molecule has 1 aromatic rings. The number of hydrogen-bond donors (Lipinski definition) is 0. The van der Waals surface area contributed by atoms with Gasteiger partial charge in [-0.15, -0.1) is 0 Å². The molecule has 0 bridgehead atoms. The molecule has 13 heavy (non-hydrogen) atoms. The van der Waals surface area contributed by atoms with Crippen molar-refractivity contribution in [1.82, 2.24) is 4.57 Å². The van der Waals surface area contributed by atoms with Gasteiger partial charge in [0.25, 0.3) is 0 Å². The molecule has 0 amide bonds. The zero-order valence-corrected chi connectivity index (χ0v) is 10.5. The van der Waals surface area contributed by atoms with Gasteiger partial charge >= 0.3 is 6.09 Å². The zero-order valence-electron chi connectivity index (χ0n) is 8.50. The Morgan fingerprint density at radius 1 is 1.54 bits per heavy atom. The highest BCUT2D eigenvalue weighted by Crippen LogP contribution is 2.08. The standard InChI is InChI=1S/C9H15NO2Si/c1-9(2,3)12-8(11)10-5-4-7(13)6-10/h4-6H,1-3,13H3. The van der Waals surface area contributed by atoms with Crippen LogP contribution in [0.2, 0.25) is 0 Å². The fraction of sp³-hybridized carbons (Fsp3) is 0.444. The van der Waals surface area contributed by atoms with E-state index in [0.29, 0.717) is 0 Å². The number of rotatable bonds is 0. The van der Waals surface area contributed by atoms with Crippen molar-refractivity contribution in [3.8, 4) is 0 Å². The van der Waals surface area contributed by atoms with Crippen molar-refractivity contribution < 1.29 is 9.53 Å². The maximum atomic E-state index is 11.4. The van der Waals surface area contributed by atoms with Crippen molar-refractivity contribution in [2.24, 2.45) is 0 Å². The van der Waals surface area contributed by atoms with Crippen molar-refractivity contribution in [2.45, 2.75) is 26.4 Å². The van der Waals surface area contributed by atoms with E-state index in [1.54, 1.807) is 12.4 Å². The molecule has 0 aromatic carbocycles. The van der Waals surface area contributed by atoms with Crippen LogP contribution in [-0.4, -0.2) is 26.5 Å². The molecule has 1 rings (SSSR count). The van der Waals surface area contributed by atoms with E-state index >= 15 is 0 Å². The lowest BCUT2D eigenvalue weighted by molar-refractivity contribution is 0.0537. The first-order chi connectivity index (χ1) is 5.88. The topological polar surface area (TPSA) is 31.2 Å². The van der Waals surface area contributed by atoms with Gasteiger partial charge in [0.15, 0.2) is 0 Å². The monoisotopic (exact) mass is 197 g/mol. The Balaban J connectivity index is 2.70. The summed E-state index contributed by atoms with van der Waals surface area (Å²) in [5.74, 6) is 0. The maximum absolute atomic E-state index is 11.4. The van der Waals surface area contributed by atoms with Gasteiger partial charge in [-0.3, -0.25) is 4.57 Å². The van der Waals surface area contributed by atoms with Gasteiger partial charge < -0.3 is 4.74 Å². The second-order valence-corrected chi connectivity index (χ2v) is 5.23. The van der Waals surface area contributed by atoms with E-state index in [9.17, 15) is 4.79 Å². The average molecular weight is 197 g/mol. The molecule has 0 fully saturated rings. The lowest BCUT2D eigenvalue weighted by atomic mass is 10.2. The van der Waals surface area contributed by atoms with Crippen molar-refractivity contribution in [3.63, 3.8) is 0 Å². The van der Waals surface area contributed by atoms with Crippen LogP contribution in [0.4, 0.5) is 4.79 Å². The summed E-state index contributed by atoms with van der Waals surface area (Å²) >= 11 is 0. The average Bonchev–Trinajstić information content (AvgIpc) is 2.31. The number of carbonyl (C=O) groups excluding carboxylic acids is 1. The van der Waals surface area contributed by atoms with E-state index in [-0.39, 0.29) is 6.09 Å². The summed E-state index contributed by atoms with van der Waals surface area (Å²) in [6.45, 7) is 5.57. The molecule has 0 aliphatic carbocycles. The Bertz CT molecular complexity index is 312. The Labute approximate surface area is 81.1 Å². The molecule has 0 saturated carbocycles. The predicted octanol–water partition coefficient (Wildman–Crippen LogP) is 0.262. The van der Waals surface area contributed by atoms with Crippen LogP contribution < -0.4 is 5.19 Å². The normalized spacial score (nSPS) is 11.6. The summed E-state index contributed by atoms with van der Waals surface area (Å²) in [5.41, 5.74) is -0.424. The molecule has 0 saturated heterocycles. The fourth-order valence-corrected chi connectivity index (χ4v) is 1.36. The quantitative estimate of drug-likeness (QED) is 0.559. The maximum Gasteiger partial charge on any atom is 0.418 e. The van der Waals surface area contributed by atoms with Crippen LogP contribution in [0.25, 0.3) is 0 Å². The Morgan fingerprint density at radius 3 is 2.54 bits per heavy atom. The number of carbonyl (C=O) groups is 1. The lowest BCUT2D eigenvalue weighted by Gasteiger charge is -2.19. The molecule has 4 heteroatoms. The van der Waals surface area contributed by atoms with Gasteiger partial charge in [0.1, 0.15) is 5.60 Å². The van der Waals surface area contributed by atoms with Crippen molar-refractivity contribution in [2.75, 3.05) is 0 Å². The molecule has 0 aliphatic rings. The van der Waals surface area contributed by atoms with Gasteiger partial charge in [0, 0.05) is 22.6 Å². The number of hydrogen-bond acceptors (Lipinski definition) is 2. The molecule has 0 N–H and O–H groups in total. The summed E-state index contributed by atoms with van der Waals surface area (Å²) in [4.78, 5) is 11.4. The Kier molecular flexibility index (Phi) is 2.61. The molecule has 1 heterocycles. The highest BCUT2D eigenvalue weighted by atomic mass is 28.1. The minimum atomic E-state index is -0.424. The summed E-state index contributed by atoms with van der Waals surface area (Å²) in [6.07, 6.45) is 3.23. The third-order valence-electron chi connectivity index (χ3n) is 1.45. The highest BCUT2D eigenvalue weighted by molar-refractivity contribution is 6.32. The first-order valence-electron chi connectivity index (χ1n) is 4.26.